The van der Waals surface area contributed by atoms with Crippen molar-refractivity contribution in [2.24, 2.45) is 0 Å². The standard InChI is InChI=1S/C13H16F3NO3S/c1-17(9-4-2-3-5-10(9)18)21(19,20)11-7-6-8(14)12(15)13(11)16/h6-7,9-10,18H,2-5H2,1H3. The first-order chi connectivity index (χ1) is 9.76. The van der Waals surface area contributed by atoms with Crippen molar-refractivity contribution in [3.63, 3.8) is 0 Å². The van der Waals surface area contributed by atoms with Crippen LogP contribution in [0.1, 0.15) is 25.7 Å². The van der Waals surface area contributed by atoms with Crippen molar-refractivity contribution in [1.29, 1.82) is 0 Å². The van der Waals surface area contributed by atoms with Gasteiger partial charge in [-0.3, -0.25) is 0 Å². The Bertz CT molecular complexity index is 636. The van der Waals surface area contributed by atoms with Crippen LogP contribution in [0.5, 0.6) is 0 Å². The average Bonchev–Trinajstić information content (AvgIpc) is 2.44. The minimum Gasteiger partial charge on any atom is -0.391 e. The van der Waals surface area contributed by atoms with Gasteiger partial charge in [-0.1, -0.05) is 12.8 Å². The molecule has 8 heteroatoms. The van der Waals surface area contributed by atoms with E-state index in [9.17, 15) is 26.7 Å². The van der Waals surface area contributed by atoms with Gasteiger partial charge in [0.15, 0.2) is 17.5 Å². The fourth-order valence-electron chi connectivity index (χ4n) is 2.56. The Morgan fingerprint density at radius 2 is 1.76 bits per heavy atom. The SMILES string of the molecule is CN(C1CCCCC1O)S(=O)(=O)c1ccc(F)c(F)c1F. The lowest BCUT2D eigenvalue weighted by Gasteiger charge is -2.34. The highest BCUT2D eigenvalue weighted by molar-refractivity contribution is 7.89. The molecule has 1 N–H and O–H groups in total. The molecule has 0 amide bonds. The first-order valence-corrected chi connectivity index (χ1v) is 8.00. The molecular formula is C13H16F3NO3S. The molecule has 2 rings (SSSR count). The molecule has 1 saturated carbocycles. The topological polar surface area (TPSA) is 57.6 Å². The summed E-state index contributed by atoms with van der Waals surface area (Å²) in [6.07, 6.45) is 1.55. The van der Waals surface area contributed by atoms with Crippen LogP contribution in [0.25, 0.3) is 0 Å². The summed E-state index contributed by atoms with van der Waals surface area (Å²) < 4.78 is 65.4. The van der Waals surface area contributed by atoms with Gasteiger partial charge in [0.1, 0.15) is 4.90 Å². The van der Waals surface area contributed by atoms with Crippen molar-refractivity contribution in [3.8, 4) is 0 Å². The third-order valence-electron chi connectivity index (χ3n) is 3.82. The second-order valence-electron chi connectivity index (χ2n) is 5.11. The fourth-order valence-corrected chi connectivity index (χ4v) is 4.03. The van der Waals surface area contributed by atoms with Gasteiger partial charge >= 0.3 is 0 Å². The molecular weight excluding hydrogens is 307 g/mol. The Hall–Kier alpha value is -1.12. The summed E-state index contributed by atoms with van der Waals surface area (Å²) in [5, 5.41) is 9.88. The molecule has 0 spiro atoms. The number of hydrogen-bond donors (Lipinski definition) is 1. The van der Waals surface area contributed by atoms with Gasteiger partial charge in [0.05, 0.1) is 12.1 Å². The van der Waals surface area contributed by atoms with E-state index < -0.39 is 44.5 Å². The van der Waals surface area contributed by atoms with Crippen molar-refractivity contribution >= 4 is 10.0 Å². The number of benzene rings is 1. The van der Waals surface area contributed by atoms with Crippen molar-refractivity contribution in [3.05, 3.63) is 29.6 Å². The number of aliphatic hydroxyl groups excluding tert-OH is 1. The van der Waals surface area contributed by atoms with Gasteiger partial charge < -0.3 is 5.11 Å². The largest absolute Gasteiger partial charge is 0.391 e. The van der Waals surface area contributed by atoms with Gasteiger partial charge in [0.2, 0.25) is 10.0 Å². The van der Waals surface area contributed by atoms with Gasteiger partial charge in [-0.15, -0.1) is 0 Å². The predicted octanol–water partition coefficient (Wildman–Crippen LogP) is 2.03. The van der Waals surface area contributed by atoms with Crippen LogP contribution < -0.4 is 0 Å². The molecule has 0 heterocycles. The van der Waals surface area contributed by atoms with Gasteiger partial charge in [0.25, 0.3) is 0 Å². The van der Waals surface area contributed by atoms with E-state index in [0.717, 1.165) is 17.1 Å². The van der Waals surface area contributed by atoms with E-state index in [0.29, 0.717) is 25.0 Å². The van der Waals surface area contributed by atoms with Crippen LogP contribution in [0.3, 0.4) is 0 Å². The lowest BCUT2D eigenvalue weighted by molar-refractivity contribution is 0.0637. The zero-order valence-electron chi connectivity index (χ0n) is 11.4. The smallest absolute Gasteiger partial charge is 0.246 e. The molecule has 21 heavy (non-hydrogen) atoms. The molecule has 1 aliphatic rings. The highest BCUT2D eigenvalue weighted by atomic mass is 32.2. The van der Waals surface area contributed by atoms with E-state index in [1.165, 1.54) is 7.05 Å². The maximum Gasteiger partial charge on any atom is 0.246 e. The molecule has 0 radical (unpaired) electrons. The molecule has 118 valence electrons. The molecule has 1 fully saturated rings. The molecule has 4 nitrogen and oxygen atoms in total. The maximum absolute atomic E-state index is 13.7. The molecule has 0 saturated heterocycles. The monoisotopic (exact) mass is 323 g/mol. The second-order valence-corrected chi connectivity index (χ2v) is 7.08. The molecule has 1 aromatic carbocycles. The number of halogens is 3. The number of aliphatic hydroxyl groups is 1. The molecule has 0 aromatic heterocycles. The average molecular weight is 323 g/mol. The van der Waals surface area contributed by atoms with Crippen molar-refractivity contribution in [2.75, 3.05) is 7.05 Å². The van der Waals surface area contributed by atoms with Crippen LogP contribution in [0.4, 0.5) is 13.2 Å². The van der Waals surface area contributed by atoms with Gasteiger partial charge in [-0.05, 0) is 25.0 Å². The minimum absolute atomic E-state index is 0.433. The number of sulfonamides is 1. The first kappa shape index (κ1) is 16.3. The van der Waals surface area contributed by atoms with E-state index in [2.05, 4.69) is 0 Å². The summed E-state index contributed by atoms with van der Waals surface area (Å²) in [4.78, 5) is -0.929. The van der Waals surface area contributed by atoms with Crippen LogP contribution in [0, 0.1) is 17.5 Å². The quantitative estimate of drug-likeness (QED) is 0.866. The number of hydrogen-bond acceptors (Lipinski definition) is 3. The second kappa shape index (κ2) is 5.94. The van der Waals surface area contributed by atoms with Gasteiger partial charge in [-0.25, -0.2) is 21.6 Å². The number of nitrogens with zero attached hydrogens (tertiary/aromatic N) is 1. The minimum atomic E-state index is -4.35. The first-order valence-electron chi connectivity index (χ1n) is 6.56. The predicted molar refractivity (Wildman–Crippen MR) is 69.5 cm³/mol. The molecule has 1 aliphatic carbocycles. The summed E-state index contributed by atoms with van der Waals surface area (Å²) in [5.41, 5.74) is 0. The highest BCUT2D eigenvalue weighted by Crippen LogP contribution is 2.29. The zero-order chi connectivity index (χ0) is 15.8. The summed E-state index contributed by atoms with van der Waals surface area (Å²) in [5.74, 6) is -5.02. The van der Waals surface area contributed by atoms with Gasteiger partial charge in [0, 0.05) is 7.05 Å². The van der Waals surface area contributed by atoms with Crippen LogP contribution in [0.2, 0.25) is 0 Å². The Balaban J connectivity index is 2.40. The van der Waals surface area contributed by atoms with E-state index in [1.54, 1.807) is 0 Å². The van der Waals surface area contributed by atoms with Gasteiger partial charge in [-0.2, -0.15) is 4.31 Å². The Labute approximate surface area is 121 Å². The highest BCUT2D eigenvalue weighted by Gasteiger charge is 2.36. The van der Waals surface area contributed by atoms with E-state index >= 15 is 0 Å². The molecule has 0 aliphatic heterocycles. The normalized spacial score (nSPS) is 23.5. The van der Waals surface area contributed by atoms with Crippen molar-refractivity contribution < 1.29 is 26.7 Å². The van der Waals surface area contributed by atoms with Crippen molar-refractivity contribution in [1.82, 2.24) is 4.31 Å². The lowest BCUT2D eigenvalue weighted by Crippen LogP contribution is -2.46. The lowest BCUT2D eigenvalue weighted by atomic mass is 9.93. The van der Waals surface area contributed by atoms with Crippen molar-refractivity contribution in [2.45, 2.75) is 42.7 Å². The third kappa shape index (κ3) is 2.93. The Morgan fingerprint density at radius 3 is 2.38 bits per heavy atom. The molecule has 2 atom stereocenters. The van der Waals surface area contributed by atoms with E-state index in [4.69, 9.17) is 0 Å². The van der Waals surface area contributed by atoms with E-state index in [1.807, 2.05) is 0 Å². The maximum atomic E-state index is 13.7. The summed E-state index contributed by atoms with van der Waals surface area (Å²) in [7, 11) is -3.15. The zero-order valence-corrected chi connectivity index (χ0v) is 12.2. The van der Waals surface area contributed by atoms with Crippen LogP contribution in [-0.2, 0) is 10.0 Å². The van der Waals surface area contributed by atoms with E-state index in [-0.39, 0.29) is 0 Å². The van der Waals surface area contributed by atoms with Crippen LogP contribution >= 0.6 is 0 Å². The third-order valence-corrected chi connectivity index (χ3v) is 5.72. The van der Waals surface area contributed by atoms with Crippen LogP contribution in [0.15, 0.2) is 17.0 Å². The summed E-state index contributed by atoms with van der Waals surface area (Å²) in [6.45, 7) is 0. The Morgan fingerprint density at radius 1 is 1.14 bits per heavy atom. The van der Waals surface area contributed by atoms with Crippen LogP contribution in [-0.4, -0.2) is 37.0 Å². The number of rotatable bonds is 3. The molecule has 1 aromatic rings. The molecule has 2 unspecified atom stereocenters. The summed E-state index contributed by atoms with van der Waals surface area (Å²) in [6, 6.07) is 0.557. The summed E-state index contributed by atoms with van der Waals surface area (Å²) >= 11 is 0. The Kier molecular flexibility index (Phi) is 4.60. The number of likely N-dealkylation sites (N-methyl/N-ethyl adjacent to an activating group) is 1. The molecule has 0 bridgehead atoms. The fraction of sp³-hybridized carbons (Fsp3) is 0.538.